The Labute approximate surface area is 125 Å². The van der Waals surface area contributed by atoms with Gasteiger partial charge in [0.1, 0.15) is 9.84 Å². The van der Waals surface area contributed by atoms with Gasteiger partial charge in [-0.3, -0.25) is 0 Å². The van der Waals surface area contributed by atoms with E-state index in [1.165, 1.54) is 12.1 Å². The zero-order valence-corrected chi connectivity index (χ0v) is 13.2. The van der Waals surface area contributed by atoms with Crippen molar-refractivity contribution in [3.8, 4) is 11.8 Å². The minimum Gasteiger partial charge on any atom is -0.395 e. The lowest BCUT2D eigenvalue weighted by molar-refractivity contribution is 0.305. The van der Waals surface area contributed by atoms with E-state index < -0.39 is 19.9 Å². The van der Waals surface area contributed by atoms with E-state index in [4.69, 9.17) is 5.11 Å². The molecule has 1 aromatic carbocycles. The number of sulfone groups is 1. The van der Waals surface area contributed by atoms with Crippen molar-refractivity contribution in [1.82, 2.24) is 4.72 Å². The molecule has 0 aromatic heterocycles. The zero-order chi connectivity index (χ0) is 15.9. The third kappa shape index (κ3) is 6.73. The standard InChI is InChI=1S/C13H17NO5S2/c1-20(16,17)11-9-14-21(18,19)13-7-5-12(6-8-13)4-2-3-10-15/h5-8,14-15H,3,9-11H2,1H3. The first-order chi connectivity index (χ1) is 9.74. The number of benzene rings is 1. The molecule has 0 heterocycles. The normalized spacial score (nSPS) is 11.7. The molecule has 2 N–H and O–H groups in total. The van der Waals surface area contributed by atoms with Crippen molar-refractivity contribution in [2.24, 2.45) is 0 Å². The third-order valence-corrected chi connectivity index (χ3v) is 4.82. The molecule has 1 aromatic rings. The minimum atomic E-state index is -3.73. The van der Waals surface area contributed by atoms with E-state index in [0.717, 1.165) is 6.26 Å². The van der Waals surface area contributed by atoms with Gasteiger partial charge in [-0.2, -0.15) is 0 Å². The predicted molar refractivity (Wildman–Crippen MR) is 79.9 cm³/mol. The van der Waals surface area contributed by atoms with Gasteiger partial charge < -0.3 is 5.11 Å². The van der Waals surface area contributed by atoms with E-state index in [9.17, 15) is 16.8 Å². The molecule has 0 radical (unpaired) electrons. The molecule has 0 saturated heterocycles. The van der Waals surface area contributed by atoms with Crippen LogP contribution in [0.25, 0.3) is 0 Å². The average Bonchev–Trinajstić information content (AvgIpc) is 2.38. The van der Waals surface area contributed by atoms with Gasteiger partial charge in [0.2, 0.25) is 10.0 Å². The number of hydrogen-bond acceptors (Lipinski definition) is 5. The van der Waals surface area contributed by atoms with Gasteiger partial charge in [0.05, 0.1) is 17.3 Å². The van der Waals surface area contributed by atoms with Gasteiger partial charge >= 0.3 is 0 Å². The third-order valence-electron chi connectivity index (χ3n) is 2.40. The minimum absolute atomic E-state index is 0.0241. The van der Waals surface area contributed by atoms with Crippen LogP contribution in [-0.2, 0) is 19.9 Å². The van der Waals surface area contributed by atoms with Crippen LogP contribution in [0, 0.1) is 11.8 Å². The number of nitrogens with one attached hydrogen (secondary N) is 1. The molecule has 0 amide bonds. The van der Waals surface area contributed by atoms with Crippen LogP contribution in [0.1, 0.15) is 12.0 Å². The highest BCUT2D eigenvalue weighted by atomic mass is 32.2. The molecule has 0 spiro atoms. The van der Waals surface area contributed by atoms with Gasteiger partial charge in [0.15, 0.2) is 0 Å². The SMILES string of the molecule is CS(=O)(=O)CCNS(=O)(=O)c1ccc(C#CCCO)cc1. The fourth-order valence-electron chi connectivity index (χ4n) is 1.38. The molecule has 0 atom stereocenters. The van der Waals surface area contributed by atoms with Crippen molar-refractivity contribution < 1.29 is 21.9 Å². The monoisotopic (exact) mass is 331 g/mol. The molecule has 8 heteroatoms. The lowest BCUT2D eigenvalue weighted by Crippen LogP contribution is -2.28. The first-order valence-corrected chi connectivity index (χ1v) is 9.66. The molecule has 116 valence electrons. The summed E-state index contributed by atoms with van der Waals surface area (Å²) < 4.78 is 48.0. The quantitative estimate of drug-likeness (QED) is 0.700. The molecule has 6 nitrogen and oxygen atoms in total. The Balaban J connectivity index is 2.74. The van der Waals surface area contributed by atoms with Crippen LogP contribution in [0.2, 0.25) is 0 Å². The molecule has 21 heavy (non-hydrogen) atoms. The van der Waals surface area contributed by atoms with E-state index in [-0.39, 0.29) is 23.8 Å². The fourth-order valence-corrected chi connectivity index (χ4v) is 3.02. The molecule has 0 fully saturated rings. The molecule has 0 saturated carbocycles. The predicted octanol–water partition coefficient (Wildman–Crippen LogP) is -0.257. The molecule has 0 unspecified atom stereocenters. The highest BCUT2D eigenvalue weighted by Gasteiger charge is 2.14. The Morgan fingerprint density at radius 2 is 1.76 bits per heavy atom. The van der Waals surface area contributed by atoms with Crippen molar-refractivity contribution >= 4 is 19.9 Å². The van der Waals surface area contributed by atoms with Crippen LogP contribution in [-0.4, -0.2) is 47.1 Å². The summed E-state index contributed by atoms with van der Waals surface area (Å²) in [4.78, 5) is 0.0451. The summed E-state index contributed by atoms with van der Waals surface area (Å²) in [5.41, 5.74) is 0.638. The number of hydrogen-bond donors (Lipinski definition) is 2. The summed E-state index contributed by atoms with van der Waals surface area (Å²) in [6, 6.07) is 5.89. The molecular weight excluding hydrogens is 314 g/mol. The largest absolute Gasteiger partial charge is 0.395 e. The van der Waals surface area contributed by atoms with E-state index in [2.05, 4.69) is 16.6 Å². The maximum absolute atomic E-state index is 11.9. The number of aliphatic hydroxyl groups is 1. The van der Waals surface area contributed by atoms with Gasteiger partial charge in [-0.25, -0.2) is 21.6 Å². The second-order valence-electron chi connectivity index (χ2n) is 4.33. The average molecular weight is 331 g/mol. The summed E-state index contributed by atoms with van der Waals surface area (Å²) in [6.07, 6.45) is 1.40. The van der Waals surface area contributed by atoms with Crippen LogP contribution in [0.5, 0.6) is 0 Å². The van der Waals surface area contributed by atoms with Crippen molar-refractivity contribution in [3.05, 3.63) is 29.8 Å². The van der Waals surface area contributed by atoms with E-state index in [0.29, 0.717) is 12.0 Å². The fraction of sp³-hybridized carbons (Fsp3) is 0.385. The smallest absolute Gasteiger partial charge is 0.240 e. The van der Waals surface area contributed by atoms with Crippen molar-refractivity contribution in [2.45, 2.75) is 11.3 Å². The number of rotatable bonds is 6. The van der Waals surface area contributed by atoms with Crippen LogP contribution in [0.3, 0.4) is 0 Å². The molecule has 1 rings (SSSR count). The van der Waals surface area contributed by atoms with Gasteiger partial charge in [-0.1, -0.05) is 11.8 Å². The van der Waals surface area contributed by atoms with Crippen LogP contribution >= 0.6 is 0 Å². The van der Waals surface area contributed by atoms with Crippen LogP contribution < -0.4 is 4.72 Å². The Morgan fingerprint density at radius 3 is 2.29 bits per heavy atom. The maximum atomic E-state index is 11.9. The van der Waals surface area contributed by atoms with Crippen molar-refractivity contribution in [1.29, 1.82) is 0 Å². The summed E-state index contributed by atoms with van der Waals surface area (Å²) in [6.45, 7) is -0.192. The lowest BCUT2D eigenvalue weighted by atomic mass is 10.2. The molecule has 0 aliphatic carbocycles. The Bertz CT molecular complexity index is 725. The molecule has 0 aliphatic rings. The molecule has 0 bridgehead atoms. The van der Waals surface area contributed by atoms with Gasteiger partial charge in [-0.15, -0.1) is 0 Å². The summed E-state index contributed by atoms with van der Waals surface area (Å²) in [5, 5.41) is 8.60. The topological polar surface area (TPSA) is 101 Å². The summed E-state index contributed by atoms with van der Waals surface area (Å²) in [5.74, 6) is 5.26. The second kappa shape index (κ2) is 7.56. The lowest BCUT2D eigenvalue weighted by Gasteiger charge is -2.06. The highest BCUT2D eigenvalue weighted by Crippen LogP contribution is 2.09. The first-order valence-electron chi connectivity index (χ1n) is 6.12. The van der Waals surface area contributed by atoms with Gasteiger partial charge in [0.25, 0.3) is 0 Å². The van der Waals surface area contributed by atoms with Crippen LogP contribution in [0.15, 0.2) is 29.2 Å². The second-order valence-corrected chi connectivity index (χ2v) is 8.35. The Kier molecular flexibility index (Phi) is 6.36. The zero-order valence-electron chi connectivity index (χ0n) is 11.5. The Hall–Kier alpha value is -1.40. The Morgan fingerprint density at radius 1 is 1.14 bits per heavy atom. The summed E-state index contributed by atoms with van der Waals surface area (Å²) >= 11 is 0. The van der Waals surface area contributed by atoms with E-state index in [1.54, 1.807) is 12.1 Å². The first kappa shape index (κ1) is 17.7. The highest BCUT2D eigenvalue weighted by molar-refractivity contribution is 7.91. The molecule has 0 aliphatic heterocycles. The van der Waals surface area contributed by atoms with Gasteiger partial charge in [-0.05, 0) is 24.3 Å². The number of aliphatic hydroxyl groups excluding tert-OH is 1. The number of sulfonamides is 1. The van der Waals surface area contributed by atoms with Crippen molar-refractivity contribution in [2.75, 3.05) is 25.2 Å². The van der Waals surface area contributed by atoms with E-state index in [1.807, 2.05) is 0 Å². The summed E-state index contributed by atoms with van der Waals surface area (Å²) in [7, 11) is -6.94. The van der Waals surface area contributed by atoms with Crippen molar-refractivity contribution in [3.63, 3.8) is 0 Å². The maximum Gasteiger partial charge on any atom is 0.240 e. The molecular formula is C13H17NO5S2. The van der Waals surface area contributed by atoms with E-state index >= 15 is 0 Å². The van der Waals surface area contributed by atoms with Crippen LogP contribution in [0.4, 0.5) is 0 Å². The van der Waals surface area contributed by atoms with Gasteiger partial charge in [0, 0.05) is 24.8 Å².